The van der Waals surface area contributed by atoms with Gasteiger partial charge in [-0.3, -0.25) is 4.79 Å². The number of rotatable bonds is 5. The smallest absolute Gasteiger partial charge is 0.416 e. The molecule has 2 aromatic carbocycles. The topological polar surface area (TPSA) is 96.3 Å². The maximum absolute atomic E-state index is 12.7. The van der Waals surface area contributed by atoms with Gasteiger partial charge in [-0.1, -0.05) is 6.07 Å². The number of nitriles is 1. The van der Waals surface area contributed by atoms with Crippen LogP contribution in [-0.4, -0.2) is 20.9 Å². The monoisotopic (exact) mass is 384 g/mol. The van der Waals surface area contributed by atoms with Crippen LogP contribution in [0.2, 0.25) is 0 Å². The minimum Gasteiger partial charge on any atom is -0.484 e. The van der Waals surface area contributed by atoms with E-state index in [1.165, 1.54) is 24.3 Å². The van der Waals surface area contributed by atoms with Gasteiger partial charge in [-0.25, -0.2) is 13.1 Å². The van der Waals surface area contributed by atoms with E-state index in [4.69, 9.17) is 10.00 Å². The van der Waals surface area contributed by atoms with E-state index in [0.29, 0.717) is 11.6 Å². The number of hydrogen-bond donors (Lipinski definition) is 1. The fourth-order valence-corrected chi connectivity index (χ4v) is 2.87. The Bertz CT molecular complexity index is 949. The summed E-state index contributed by atoms with van der Waals surface area (Å²) < 4.78 is 68.7. The van der Waals surface area contributed by atoms with E-state index in [1.807, 2.05) is 6.07 Å². The van der Waals surface area contributed by atoms with Crippen LogP contribution in [0.3, 0.4) is 0 Å². The largest absolute Gasteiger partial charge is 0.484 e. The molecule has 0 fully saturated rings. The van der Waals surface area contributed by atoms with E-state index in [9.17, 15) is 26.4 Å². The Kier molecular flexibility index (Phi) is 5.52. The maximum atomic E-state index is 12.7. The zero-order chi connectivity index (χ0) is 19.4. The number of amides is 1. The number of hydrogen-bond acceptors (Lipinski definition) is 5. The molecule has 2 rings (SSSR count). The van der Waals surface area contributed by atoms with Crippen LogP contribution in [0.4, 0.5) is 13.2 Å². The summed E-state index contributed by atoms with van der Waals surface area (Å²) in [5.41, 5.74) is -0.782. The molecule has 0 aromatic heterocycles. The molecule has 0 unspecified atom stereocenters. The molecule has 0 atom stereocenters. The summed E-state index contributed by atoms with van der Waals surface area (Å²) >= 11 is 0. The fourth-order valence-electron chi connectivity index (χ4n) is 1.85. The van der Waals surface area contributed by atoms with E-state index >= 15 is 0 Å². The highest BCUT2D eigenvalue weighted by Crippen LogP contribution is 2.30. The molecule has 0 radical (unpaired) electrons. The number of halogens is 3. The molecule has 1 N–H and O–H groups in total. The lowest BCUT2D eigenvalue weighted by Crippen LogP contribution is -2.34. The van der Waals surface area contributed by atoms with Crippen molar-refractivity contribution < 1.29 is 31.1 Å². The lowest BCUT2D eigenvalue weighted by atomic mass is 10.2. The van der Waals surface area contributed by atoms with Gasteiger partial charge in [0.05, 0.1) is 22.1 Å². The quantitative estimate of drug-likeness (QED) is 0.854. The van der Waals surface area contributed by atoms with Gasteiger partial charge in [0, 0.05) is 0 Å². The summed E-state index contributed by atoms with van der Waals surface area (Å²) in [6.07, 6.45) is -4.71. The van der Waals surface area contributed by atoms with E-state index in [2.05, 4.69) is 0 Å². The minimum atomic E-state index is -4.71. The first-order valence-corrected chi connectivity index (χ1v) is 8.46. The van der Waals surface area contributed by atoms with Gasteiger partial charge in [0.1, 0.15) is 5.75 Å². The molecule has 0 aliphatic carbocycles. The van der Waals surface area contributed by atoms with Gasteiger partial charge in [-0.2, -0.15) is 18.4 Å². The molecule has 136 valence electrons. The Morgan fingerprint density at radius 2 is 1.81 bits per heavy atom. The molecule has 10 heteroatoms. The predicted molar refractivity (Wildman–Crippen MR) is 83.4 cm³/mol. The Morgan fingerprint density at radius 1 is 1.15 bits per heavy atom. The standard InChI is InChI=1S/C16H11F3N2O4S/c17-16(18,19)12-2-1-3-14(8-12)26(23,24)21-15(22)10-25-13-6-4-11(9-20)5-7-13/h1-8H,10H2,(H,21,22). The van der Waals surface area contributed by atoms with E-state index in [0.717, 1.165) is 18.2 Å². The van der Waals surface area contributed by atoms with Crippen LogP contribution in [0.15, 0.2) is 53.4 Å². The van der Waals surface area contributed by atoms with Crippen LogP contribution in [-0.2, 0) is 21.0 Å². The van der Waals surface area contributed by atoms with Gasteiger partial charge in [-0.05, 0) is 42.5 Å². The summed E-state index contributed by atoms with van der Waals surface area (Å²) in [7, 11) is -4.48. The van der Waals surface area contributed by atoms with Crippen LogP contribution >= 0.6 is 0 Å². The van der Waals surface area contributed by atoms with Crippen molar-refractivity contribution in [2.75, 3.05) is 6.61 Å². The summed E-state index contributed by atoms with van der Waals surface area (Å²) in [5, 5.41) is 8.66. The van der Waals surface area contributed by atoms with Crippen LogP contribution in [0, 0.1) is 11.3 Å². The number of sulfonamides is 1. The lowest BCUT2D eigenvalue weighted by Gasteiger charge is -2.11. The molecule has 0 heterocycles. The van der Waals surface area contributed by atoms with Gasteiger partial charge in [0.2, 0.25) is 0 Å². The number of nitrogens with one attached hydrogen (secondary N) is 1. The molecule has 0 aliphatic rings. The number of nitrogens with zero attached hydrogens (tertiary/aromatic N) is 1. The van der Waals surface area contributed by atoms with Crippen molar-refractivity contribution in [3.8, 4) is 11.8 Å². The first-order chi connectivity index (χ1) is 12.1. The number of carbonyl (C=O) groups is 1. The summed E-state index contributed by atoms with van der Waals surface area (Å²) in [6.45, 7) is -0.676. The van der Waals surface area contributed by atoms with Gasteiger partial charge in [-0.15, -0.1) is 0 Å². The molecular weight excluding hydrogens is 373 g/mol. The average Bonchev–Trinajstić information content (AvgIpc) is 2.59. The highest BCUT2D eigenvalue weighted by atomic mass is 32.2. The van der Waals surface area contributed by atoms with Crippen molar-refractivity contribution >= 4 is 15.9 Å². The minimum absolute atomic E-state index is 0.218. The highest BCUT2D eigenvalue weighted by Gasteiger charge is 2.32. The van der Waals surface area contributed by atoms with E-state index < -0.39 is 39.2 Å². The summed E-state index contributed by atoms with van der Waals surface area (Å²) in [5.74, 6) is -0.845. The lowest BCUT2D eigenvalue weighted by molar-refractivity contribution is -0.137. The third-order valence-electron chi connectivity index (χ3n) is 3.07. The van der Waals surface area contributed by atoms with Gasteiger partial charge in [0.15, 0.2) is 6.61 Å². The highest BCUT2D eigenvalue weighted by molar-refractivity contribution is 7.90. The average molecular weight is 384 g/mol. The van der Waals surface area contributed by atoms with Crippen LogP contribution in [0.5, 0.6) is 5.75 Å². The Labute approximate surface area is 146 Å². The molecule has 0 spiro atoms. The summed E-state index contributed by atoms with van der Waals surface area (Å²) in [6, 6.07) is 10.6. The summed E-state index contributed by atoms with van der Waals surface area (Å²) in [4.78, 5) is 11.0. The zero-order valence-electron chi connectivity index (χ0n) is 12.9. The van der Waals surface area contributed by atoms with Crippen LogP contribution in [0.25, 0.3) is 0 Å². The molecule has 26 heavy (non-hydrogen) atoms. The second kappa shape index (κ2) is 7.45. The number of benzene rings is 2. The normalized spacial score (nSPS) is 11.5. The first kappa shape index (κ1) is 19.3. The molecular formula is C16H11F3N2O4S. The Morgan fingerprint density at radius 3 is 2.38 bits per heavy atom. The van der Waals surface area contributed by atoms with Crippen molar-refractivity contribution in [1.82, 2.24) is 4.72 Å². The third kappa shape index (κ3) is 4.97. The fraction of sp³-hybridized carbons (Fsp3) is 0.125. The molecule has 2 aromatic rings. The van der Waals surface area contributed by atoms with Crippen LogP contribution in [0.1, 0.15) is 11.1 Å². The van der Waals surface area contributed by atoms with Crippen LogP contribution < -0.4 is 9.46 Å². The van der Waals surface area contributed by atoms with Gasteiger partial charge < -0.3 is 4.74 Å². The number of alkyl halides is 3. The van der Waals surface area contributed by atoms with Crippen molar-refractivity contribution in [2.24, 2.45) is 0 Å². The van der Waals surface area contributed by atoms with E-state index in [1.54, 1.807) is 4.72 Å². The zero-order valence-corrected chi connectivity index (χ0v) is 13.8. The molecule has 1 amide bonds. The van der Waals surface area contributed by atoms with Gasteiger partial charge in [0.25, 0.3) is 15.9 Å². The second-order valence-electron chi connectivity index (χ2n) is 4.98. The number of ether oxygens (including phenoxy) is 1. The second-order valence-corrected chi connectivity index (χ2v) is 6.66. The molecule has 0 bridgehead atoms. The SMILES string of the molecule is N#Cc1ccc(OCC(=O)NS(=O)(=O)c2cccc(C(F)(F)F)c2)cc1. The molecule has 6 nitrogen and oxygen atoms in total. The Balaban J connectivity index is 2.04. The predicted octanol–water partition coefficient (Wildman–Crippen LogP) is 2.46. The molecule has 0 aliphatic heterocycles. The van der Waals surface area contributed by atoms with Crippen molar-refractivity contribution in [2.45, 2.75) is 11.1 Å². The number of carbonyl (C=O) groups excluding carboxylic acids is 1. The first-order valence-electron chi connectivity index (χ1n) is 6.98. The molecule has 0 saturated heterocycles. The maximum Gasteiger partial charge on any atom is 0.416 e. The van der Waals surface area contributed by atoms with Crippen molar-refractivity contribution in [3.63, 3.8) is 0 Å². The van der Waals surface area contributed by atoms with Gasteiger partial charge >= 0.3 is 6.18 Å². The Hall–Kier alpha value is -3.06. The third-order valence-corrected chi connectivity index (χ3v) is 4.44. The van der Waals surface area contributed by atoms with E-state index in [-0.39, 0.29) is 5.75 Å². The molecule has 0 saturated carbocycles. The van der Waals surface area contributed by atoms with Crippen molar-refractivity contribution in [3.05, 3.63) is 59.7 Å². The van der Waals surface area contributed by atoms with Crippen molar-refractivity contribution in [1.29, 1.82) is 5.26 Å².